The fourth-order valence-corrected chi connectivity index (χ4v) is 5.13. The number of benzene rings is 4. The van der Waals surface area contributed by atoms with Crippen LogP contribution in [0.4, 0.5) is 13.2 Å². The topological polar surface area (TPSA) is 55.8 Å². The third-order valence-electron chi connectivity index (χ3n) is 7.06. The van der Waals surface area contributed by atoms with Gasteiger partial charge in [-0.25, -0.2) is 0 Å². The zero-order valence-electron chi connectivity index (χ0n) is 22.1. The first-order valence-electron chi connectivity index (χ1n) is 13.2. The quantitative estimate of drug-likeness (QED) is 0.220. The van der Waals surface area contributed by atoms with Crippen LogP contribution < -0.4 is 4.74 Å². The van der Waals surface area contributed by atoms with E-state index in [-0.39, 0.29) is 37.5 Å². The molecule has 1 unspecified atom stereocenters. The maximum Gasteiger partial charge on any atom is 0.420 e. The Balaban J connectivity index is 1.53. The maximum atomic E-state index is 14.6. The molecule has 1 heterocycles. The lowest BCUT2D eigenvalue weighted by Gasteiger charge is -2.32. The number of halogens is 3. The Hall–Kier alpha value is -4.43. The molecular formula is C33H28F3NO4. The molecule has 0 bridgehead atoms. The predicted octanol–water partition coefficient (Wildman–Crippen LogP) is 6.49. The van der Waals surface area contributed by atoms with E-state index in [1.807, 2.05) is 18.2 Å². The molecule has 1 saturated heterocycles. The molecule has 1 fully saturated rings. The maximum absolute atomic E-state index is 14.6. The SMILES string of the molecule is O=CC1(Cc2ccccc2)OCCN1C(=O)Cc1cc(-c2ccccc2)cc(OCc2ccccc2)c1C(F)(F)F. The summed E-state index contributed by atoms with van der Waals surface area (Å²) in [5.74, 6) is -1.01. The smallest absolute Gasteiger partial charge is 0.420 e. The molecule has 1 amide bonds. The number of aldehydes is 1. The first-order chi connectivity index (χ1) is 19.8. The molecule has 1 aliphatic rings. The average molecular weight is 560 g/mol. The second kappa shape index (κ2) is 12.0. The van der Waals surface area contributed by atoms with Crippen molar-refractivity contribution in [3.05, 3.63) is 125 Å². The third kappa shape index (κ3) is 6.33. The summed E-state index contributed by atoms with van der Waals surface area (Å²) in [5, 5.41) is 0. The van der Waals surface area contributed by atoms with Gasteiger partial charge in [-0.05, 0) is 39.9 Å². The van der Waals surface area contributed by atoms with Gasteiger partial charge in [0.15, 0.2) is 6.29 Å². The summed E-state index contributed by atoms with van der Waals surface area (Å²) in [6.07, 6.45) is -4.75. The van der Waals surface area contributed by atoms with Gasteiger partial charge >= 0.3 is 6.18 Å². The van der Waals surface area contributed by atoms with Crippen LogP contribution in [0.25, 0.3) is 11.1 Å². The number of hydrogen-bond acceptors (Lipinski definition) is 4. The zero-order valence-corrected chi connectivity index (χ0v) is 22.1. The van der Waals surface area contributed by atoms with Crippen molar-refractivity contribution in [1.29, 1.82) is 0 Å². The van der Waals surface area contributed by atoms with Crippen LogP contribution in [-0.2, 0) is 40.0 Å². The van der Waals surface area contributed by atoms with E-state index >= 15 is 0 Å². The highest BCUT2D eigenvalue weighted by Gasteiger charge is 2.46. The first kappa shape index (κ1) is 28.1. The van der Waals surface area contributed by atoms with Crippen molar-refractivity contribution in [3.63, 3.8) is 0 Å². The van der Waals surface area contributed by atoms with Gasteiger partial charge in [0.05, 0.1) is 13.0 Å². The summed E-state index contributed by atoms with van der Waals surface area (Å²) in [7, 11) is 0. The van der Waals surface area contributed by atoms with Crippen molar-refractivity contribution in [3.8, 4) is 16.9 Å². The molecule has 1 atom stereocenters. The van der Waals surface area contributed by atoms with Crippen LogP contribution in [0.1, 0.15) is 22.3 Å². The zero-order chi connectivity index (χ0) is 28.9. The van der Waals surface area contributed by atoms with E-state index in [2.05, 4.69) is 0 Å². The Kier molecular flexibility index (Phi) is 8.21. The first-order valence-corrected chi connectivity index (χ1v) is 13.2. The number of carbonyl (C=O) groups is 2. The number of alkyl halides is 3. The minimum absolute atomic E-state index is 0.0825. The Bertz CT molecular complexity index is 1490. The molecule has 41 heavy (non-hydrogen) atoms. The lowest BCUT2D eigenvalue weighted by molar-refractivity contribution is -0.156. The minimum Gasteiger partial charge on any atom is -0.488 e. The highest BCUT2D eigenvalue weighted by atomic mass is 19.4. The van der Waals surface area contributed by atoms with Gasteiger partial charge in [-0.15, -0.1) is 0 Å². The van der Waals surface area contributed by atoms with Crippen molar-refractivity contribution < 1.29 is 32.2 Å². The second-order valence-electron chi connectivity index (χ2n) is 9.84. The normalized spacial score (nSPS) is 16.9. The molecule has 5 rings (SSSR count). The minimum atomic E-state index is -4.80. The molecule has 0 aliphatic carbocycles. The summed E-state index contributed by atoms with van der Waals surface area (Å²) < 4.78 is 55.4. The van der Waals surface area contributed by atoms with E-state index in [1.165, 1.54) is 17.0 Å². The Morgan fingerprint density at radius 2 is 1.49 bits per heavy atom. The summed E-state index contributed by atoms with van der Waals surface area (Å²) in [5.41, 5.74) is -0.226. The lowest BCUT2D eigenvalue weighted by Crippen LogP contribution is -2.51. The van der Waals surface area contributed by atoms with Gasteiger partial charge < -0.3 is 14.4 Å². The molecule has 0 saturated carbocycles. The van der Waals surface area contributed by atoms with E-state index in [9.17, 15) is 22.8 Å². The molecule has 210 valence electrons. The molecular weight excluding hydrogens is 531 g/mol. The van der Waals surface area contributed by atoms with Crippen molar-refractivity contribution in [2.75, 3.05) is 13.2 Å². The van der Waals surface area contributed by atoms with Crippen molar-refractivity contribution in [2.45, 2.75) is 31.3 Å². The molecule has 0 radical (unpaired) electrons. The van der Waals surface area contributed by atoms with Crippen molar-refractivity contribution in [2.24, 2.45) is 0 Å². The molecule has 0 N–H and O–H groups in total. The van der Waals surface area contributed by atoms with E-state index < -0.39 is 29.8 Å². The van der Waals surface area contributed by atoms with Gasteiger partial charge in [0.25, 0.3) is 0 Å². The van der Waals surface area contributed by atoms with Crippen LogP contribution in [0.15, 0.2) is 103 Å². The number of amides is 1. The van der Waals surface area contributed by atoms with E-state index in [1.54, 1.807) is 72.8 Å². The Morgan fingerprint density at radius 3 is 2.10 bits per heavy atom. The van der Waals surface area contributed by atoms with Crippen molar-refractivity contribution in [1.82, 2.24) is 4.90 Å². The summed E-state index contributed by atoms with van der Waals surface area (Å²) in [4.78, 5) is 27.2. The second-order valence-corrected chi connectivity index (χ2v) is 9.84. The molecule has 0 spiro atoms. The number of carbonyl (C=O) groups excluding carboxylic acids is 2. The largest absolute Gasteiger partial charge is 0.488 e. The molecule has 1 aliphatic heterocycles. The van der Waals surface area contributed by atoms with Gasteiger partial charge in [0, 0.05) is 13.0 Å². The molecule has 0 aromatic heterocycles. The van der Waals surface area contributed by atoms with Gasteiger partial charge in [0.1, 0.15) is 17.9 Å². The van der Waals surface area contributed by atoms with Crippen LogP contribution >= 0.6 is 0 Å². The summed E-state index contributed by atoms with van der Waals surface area (Å²) in [6.45, 7) is 0.0985. The Morgan fingerprint density at radius 1 is 0.878 bits per heavy atom. The van der Waals surface area contributed by atoms with Crippen LogP contribution in [-0.4, -0.2) is 36.0 Å². The summed E-state index contributed by atoms with van der Waals surface area (Å²) >= 11 is 0. The van der Waals surface area contributed by atoms with Gasteiger partial charge in [0.2, 0.25) is 11.6 Å². The molecule has 4 aromatic rings. The average Bonchev–Trinajstić information content (AvgIpc) is 3.40. The highest BCUT2D eigenvalue weighted by molar-refractivity contribution is 5.85. The number of rotatable bonds is 9. The standard InChI is InChI=1S/C33H28F3NO4/c34-33(35,36)31-28(20-30(39)37-16-17-41-32(37,23-38)21-24-10-4-1-5-11-24)18-27(26-14-8-3-9-15-26)19-29(31)40-22-25-12-6-2-7-13-25/h1-15,18-19,23H,16-17,20-22H2. The van der Waals surface area contributed by atoms with E-state index in [0.717, 1.165) is 5.56 Å². The van der Waals surface area contributed by atoms with Gasteiger partial charge in [-0.3, -0.25) is 9.59 Å². The predicted molar refractivity (Wildman–Crippen MR) is 148 cm³/mol. The van der Waals surface area contributed by atoms with E-state index in [0.29, 0.717) is 23.0 Å². The number of hydrogen-bond donors (Lipinski definition) is 0. The number of ether oxygens (including phenoxy) is 2. The van der Waals surface area contributed by atoms with E-state index in [4.69, 9.17) is 9.47 Å². The number of nitrogens with zero attached hydrogens (tertiary/aromatic N) is 1. The van der Waals surface area contributed by atoms with Crippen LogP contribution in [0, 0.1) is 0 Å². The summed E-state index contributed by atoms with van der Waals surface area (Å²) in [6, 6.07) is 29.6. The van der Waals surface area contributed by atoms with Gasteiger partial charge in [-0.2, -0.15) is 13.2 Å². The van der Waals surface area contributed by atoms with Crippen molar-refractivity contribution >= 4 is 12.2 Å². The molecule has 4 aromatic carbocycles. The van der Waals surface area contributed by atoms with Gasteiger partial charge in [-0.1, -0.05) is 91.0 Å². The molecule has 5 nitrogen and oxygen atoms in total. The van der Waals surface area contributed by atoms with Crippen LogP contribution in [0.2, 0.25) is 0 Å². The third-order valence-corrected chi connectivity index (χ3v) is 7.06. The molecule has 8 heteroatoms. The lowest BCUT2D eigenvalue weighted by atomic mass is 9.94. The van der Waals surface area contributed by atoms with Crippen LogP contribution in [0.3, 0.4) is 0 Å². The fourth-order valence-electron chi connectivity index (χ4n) is 5.13. The highest BCUT2D eigenvalue weighted by Crippen LogP contribution is 2.42. The fraction of sp³-hybridized carbons (Fsp3) is 0.212. The monoisotopic (exact) mass is 559 g/mol. The van der Waals surface area contributed by atoms with Crippen LogP contribution in [0.5, 0.6) is 5.75 Å². The Labute approximate surface area is 236 Å².